The van der Waals surface area contributed by atoms with Crippen molar-refractivity contribution in [2.24, 2.45) is 0 Å². The van der Waals surface area contributed by atoms with E-state index in [9.17, 15) is 4.79 Å². The van der Waals surface area contributed by atoms with Crippen LogP contribution < -0.4 is 4.74 Å². The highest BCUT2D eigenvalue weighted by Gasteiger charge is 2.22. The van der Waals surface area contributed by atoms with Gasteiger partial charge in [0.2, 0.25) is 0 Å². The summed E-state index contributed by atoms with van der Waals surface area (Å²) < 4.78 is 15.9. The minimum atomic E-state index is -1.03. The normalized spacial score (nSPS) is 11.9. The maximum Gasteiger partial charge on any atom is 0.376 e. The largest absolute Gasteiger partial charge is 0.461 e. The smallest absolute Gasteiger partial charge is 0.376 e. The predicted octanol–water partition coefficient (Wildman–Crippen LogP) is 3.72. The van der Waals surface area contributed by atoms with Crippen molar-refractivity contribution in [1.82, 2.24) is 0 Å². The van der Waals surface area contributed by atoms with Gasteiger partial charge in [-0.3, -0.25) is 0 Å². The van der Waals surface area contributed by atoms with Gasteiger partial charge >= 0.3 is 5.97 Å². The van der Waals surface area contributed by atoms with Crippen molar-refractivity contribution in [3.05, 3.63) is 41.1 Å². The van der Waals surface area contributed by atoms with Crippen LogP contribution in [0.5, 0.6) is 5.75 Å². The van der Waals surface area contributed by atoms with Crippen molar-refractivity contribution >= 4 is 17.3 Å². The Kier molecular flexibility index (Phi) is 5.78. The zero-order valence-electron chi connectivity index (χ0n) is 12.1. The van der Waals surface area contributed by atoms with Crippen LogP contribution >= 0.6 is 11.3 Å². The zero-order valence-corrected chi connectivity index (χ0v) is 12.9. The van der Waals surface area contributed by atoms with Gasteiger partial charge in [0.15, 0.2) is 0 Å². The molecule has 0 spiro atoms. The molecule has 0 aliphatic heterocycles. The van der Waals surface area contributed by atoms with E-state index in [1.165, 1.54) is 0 Å². The molecule has 112 valence electrons. The molecule has 0 radical (unpaired) electrons. The molecular formula is C16H18O4S. The van der Waals surface area contributed by atoms with Crippen LogP contribution in [0.25, 0.3) is 11.1 Å². The highest BCUT2D eigenvalue weighted by molar-refractivity contribution is 7.08. The number of hydrogen-bond acceptors (Lipinski definition) is 5. The van der Waals surface area contributed by atoms with Crippen molar-refractivity contribution in [1.29, 1.82) is 0 Å². The molecule has 0 saturated heterocycles. The molecule has 1 aromatic heterocycles. The van der Waals surface area contributed by atoms with Crippen molar-refractivity contribution in [2.45, 2.75) is 20.1 Å². The fourth-order valence-electron chi connectivity index (χ4n) is 1.81. The standard InChI is InChI=1S/C16H18O4S/c1-3-18-15(17)16(19-4-2)20-14-7-5-6-12(10-14)13-8-9-21-11-13/h5-11,16H,3-4H2,1-2H3. The molecule has 0 amide bonds. The minimum absolute atomic E-state index is 0.292. The topological polar surface area (TPSA) is 44.8 Å². The first-order valence-electron chi connectivity index (χ1n) is 6.82. The molecule has 21 heavy (non-hydrogen) atoms. The number of hydrogen-bond donors (Lipinski definition) is 0. The second-order valence-corrected chi connectivity index (χ2v) is 4.98. The van der Waals surface area contributed by atoms with Crippen LogP contribution in [-0.4, -0.2) is 25.5 Å². The van der Waals surface area contributed by atoms with E-state index in [2.05, 4.69) is 5.38 Å². The molecule has 0 saturated carbocycles. The molecule has 0 aliphatic rings. The van der Waals surface area contributed by atoms with Gasteiger partial charge in [0.25, 0.3) is 6.29 Å². The van der Waals surface area contributed by atoms with Crippen LogP contribution in [0.4, 0.5) is 0 Å². The lowest BCUT2D eigenvalue weighted by atomic mass is 10.1. The molecule has 4 nitrogen and oxygen atoms in total. The third-order valence-corrected chi connectivity index (χ3v) is 3.41. The van der Waals surface area contributed by atoms with E-state index in [-0.39, 0.29) is 0 Å². The van der Waals surface area contributed by atoms with E-state index in [1.807, 2.05) is 29.6 Å². The lowest BCUT2D eigenvalue weighted by Gasteiger charge is -2.17. The van der Waals surface area contributed by atoms with Gasteiger partial charge in [-0.15, -0.1) is 0 Å². The van der Waals surface area contributed by atoms with Crippen LogP contribution in [-0.2, 0) is 14.3 Å². The fraction of sp³-hybridized carbons (Fsp3) is 0.312. The van der Waals surface area contributed by atoms with Gasteiger partial charge in [0.05, 0.1) is 6.61 Å². The van der Waals surface area contributed by atoms with E-state index in [4.69, 9.17) is 14.2 Å². The average molecular weight is 306 g/mol. The van der Waals surface area contributed by atoms with Crippen molar-refractivity contribution < 1.29 is 19.0 Å². The molecule has 0 fully saturated rings. The van der Waals surface area contributed by atoms with E-state index in [0.29, 0.717) is 19.0 Å². The quantitative estimate of drug-likeness (QED) is 0.577. The molecule has 0 aliphatic carbocycles. The molecule has 1 atom stereocenters. The number of carbonyl (C=O) groups excluding carboxylic acids is 1. The molecule has 1 unspecified atom stereocenters. The van der Waals surface area contributed by atoms with Gasteiger partial charge < -0.3 is 14.2 Å². The van der Waals surface area contributed by atoms with Crippen LogP contribution in [0.15, 0.2) is 41.1 Å². The molecule has 0 bridgehead atoms. The van der Waals surface area contributed by atoms with E-state index >= 15 is 0 Å². The lowest BCUT2D eigenvalue weighted by Crippen LogP contribution is -2.32. The zero-order chi connectivity index (χ0) is 15.1. The number of ether oxygens (including phenoxy) is 3. The first-order valence-corrected chi connectivity index (χ1v) is 7.76. The molecule has 5 heteroatoms. The maximum absolute atomic E-state index is 11.8. The number of thiophene rings is 1. The minimum Gasteiger partial charge on any atom is -0.461 e. The Balaban J connectivity index is 2.13. The third-order valence-electron chi connectivity index (χ3n) is 2.73. The Bertz CT molecular complexity index is 565. The summed E-state index contributed by atoms with van der Waals surface area (Å²) in [4.78, 5) is 11.8. The van der Waals surface area contributed by atoms with Crippen molar-refractivity contribution in [2.75, 3.05) is 13.2 Å². The van der Waals surface area contributed by atoms with Crippen molar-refractivity contribution in [3.8, 4) is 16.9 Å². The number of benzene rings is 1. The summed E-state index contributed by atoms with van der Waals surface area (Å²) in [7, 11) is 0. The first kappa shape index (κ1) is 15.5. The summed E-state index contributed by atoms with van der Waals surface area (Å²) in [6, 6.07) is 9.59. The summed E-state index contributed by atoms with van der Waals surface area (Å²) in [5.41, 5.74) is 2.16. The molecule has 0 N–H and O–H groups in total. The van der Waals surface area contributed by atoms with Crippen LogP contribution in [0.3, 0.4) is 0 Å². The second-order valence-electron chi connectivity index (χ2n) is 4.20. The number of rotatable bonds is 7. The van der Waals surface area contributed by atoms with Crippen molar-refractivity contribution in [3.63, 3.8) is 0 Å². The first-order chi connectivity index (χ1) is 10.2. The van der Waals surface area contributed by atoms with Crippen LogP contribution in [0.2, 0.25) is 0 Å². The number of esters is 1. The van der Waals surface area contributed by atoms with Crippen LogP contribution in [0, 0.1) is 0 Å². The van der Waals surface area contributed by atoms with Gasteiger partial charge in [-0.1, -0.05) is 12.1 Å². The molecule has 1 aromatic carbocycles. The Morgan fingerprint density at radius 1 is 1.19 bits per heavy atom. The predicted molar refractivity (Wildman–Crippen MR) is 82.4 cm³/mol. The van der Waals surface area contributed by atoms with E-state index < -0.39 is 12.3 Å². The Labute approximate surface area is 128 Å². The van der Waals surface area contributed by atoms with Crippen LogP contribution in [0.1, 0.15) is 13.8 Å². The summed E-state index contributed by atoms with van der Waals surface area (Å²) in [6.07, 6.45) is -1.03. The molecule has 1 heterocycles. The Morgan fingerprint density at radius 3 is 2.71 bits per heavy atom. The molecule has 2 rings (SSSR count). The SMILES string of the molecule is CCOC(=O)C(OCC)Oc1cccc(-c2ccsc2)c1. The molecule has 2 aromatic rings. The summed E-state index contributed by atoms with van der Waals surface area (Å²) in [5, 5.41) is 4.08. The average Bonchev–Trinajstić information content (AvgIpc) is 3.02. The van der Waals surface area contributed by atoms with Gasteiger partial charge in [-0.25, -0.2) is 4.79 Å². The van der Waals surface area contributed by atoms with Gasteiger partial charge in [-0.2, -0.15) is 11.3 Å². The lowest BCUT2D eigenvalue weighted by molar-refractivity contribution is -0.176. The van der Waals surface area contributed by atoms with Gasteiger partial charge in [0.1, 0.15) is 5.75 Å². The van der Waals surface area contributed by atoms with Gasteiger partial charge in [0, 0.05) is 6.61 Å². The third kappa shape index (κ3) is 4.31. The fourth-order valence-corrected chi connectivity index (χ4v) is 2.48. The Morgan fingerprint density at radius 2 is 2.05 bits per heavy atom. The summed E-state index contributed by atoms with van der Waals surface area (Å²) in [5.74, 6) is 0.0606. The van der Waals surface area contributed by atoms with E-state index in [0.717, 1.165) is 11.1 Å². The Hall–Kier alpha value is -1.85. The second kappa shape index (κ2) is 7.81. The summed E-state index contributed by atoms with van der Waals surface area (Å²) in [6.45, 7) is 4.21. The monoisotopic (exact) mass is 306 g/mol. The highest BCUT2D eigenvalue weighted by Crippen LogP contribution is 2.26. The van der Waals surface area contributed by atoms with E-state index in [1.54, 1.807) is 31.3 Å². The summed E-state index contributed by atoms with van der Waals surface area (Å²) >= 11 is 1.63. The molecular weight excluding hydrogens is 288 g/mol. The number of carbonyl (C=O) groups is 1. The maximum atomic E-state index is 11.8. The highest BCUT2D eigenvalue weighted by atomic mass is 32.1. The van der Waals surface area contributed by atoms with Gasteiger partial charge in [-0.05, 0) is 53.9 Å².